The molecule has 4 aliphatic heterocycles. The molecule has 2 N–H and O–H groups in total. The van der Waals surface area contributed by atoms with Crippen molar-refractivity contribution < 1.29 is 14.0 Å². The zero-order chi connectivity index (χ0) is 53.4. The third kappa shape index (κ3) is 9.91. The molecule has 0 aromatic carbocycles. The second-order valence-electron chi connectivity index (χ2n) is 21.2. The Morgan fingerprint density at radius 3 is 1.71 bits per heavy atom. The van der Waals surface area contributed by atoms with Crippen LogP contribution in [-0.4, -0.2) is 174 Å². The lowest BCUT2D eigenvalue weighted by molar-refractivity contribution is -0.0412. The Labute approximate surface area is 444 Å². The first kappa shape index (κ1) is 50.8. The Kier molecular flexibility index (Phi) is 13.9. The van der Waals surface area contributed by atoms with Crippen molar-refractivity contribution in [3.63, 3.8) is 0 Å². The van der Waals surface area contributed by atoms with E-state index < -0.39 is 11.4 Å². The fourth-order valence-electron chi connectivity index (χ4n) is 11.7. The van der Waals surface area contributed by atoms with Crippen LogP contribution in [0, 0.1) is 42.3 Å². The molecular weight excluding hydrogens is 978 g/mol. The van der Waals surface area contributed by atoms with Crippen LogP contribution in [0.25, 0.3) is 44.6 Å². The molecule has 4 saturated heterocycles. The first-order valence-corrected chi connectivity index (χ1v) is 26.1. The Bertz CT molecular complexity index is 3540. The number of nitrogens with zero attached hydrogens (tertiary/aromatic N) is 17. The molecule has 0 aliphatic carbocycles. The maximum atomic E-state index is 14.4. The molecule has 0 radical (unpaired) electrons. The van der Waals surface area contributed by atoms with Gasteiger partial charge in [-0.1, -0.05) is 0 Å². The second-order valence-corrected chi connectivity index (χ2v) is 21.2. The Morgan fingerprint density at radius 1 is 0.714 bits per heavy atom. The molecule has 0 spiro atoms. The van der Waals surface area contributed by atoms with Gasteiger partial charge >= 0.3 is 0 Å². The quantitative estimate of drug-likeness (QED) is 0.149. The van der Waals surface area contributed by atoms with Gasteiger partial charge in [0.25, 0.3) is 11.8 Å². The lowest BCUT2D eigenvalue weighted by atomic mass is 9.83. The molecule has 4 aliphatic rings. The number of carbonyl (C=O) groups is 2. The number of likely N-dealkylation sites (tertiary alicyclic amines) is 4. The molecule has 12 heterocycles. The lowest BCUT2D eigenvalue weighted by Gasteiger charge is -2.53. The summed E-state index contributed by atoms with van der Waals surface area (Å²) in [5.74, 6) is -0.819. The second kappa shape index (κ2) is 21.0. The van der Waals surface area contributed by atoms with Crippen LogP contribution in [0.3, 0.4) is 0 Å². The van der Waals surface area contributed by atoms with Gasteiger partial charge in [0.1, 0.15) is 40.7 Å². The largest absolute Gasteiger partial charge is 0.346 e. The van der Waals surface area contributed by atoms with Crippen molar-refractivity contribution in [3.8, 4) is 34.7 Å². The molecule has 8 aromatic rings. The van der Waals surface area contributed by atoms with E-state index in [2.05, 4.69) is 76.9 Å². The molecule has 2 amide bonds. The summed E-state index contributed by atoms with van der Waals surface area (Å²) < 4.78 is 18.3. The number of hydrogen-bond acceptors (Lipinski definition) is 15. The van der Waals surface area contributed by atoms with Crippen LogP contribution >= 0.6 is 0 Å². The number of halogens is 1. The molecule has 8 aromatic heterocycles. The first-order chi connectivity index (χ1) is 37.3. The van der Waals surface area contributed by atoms with Gasteiger partial charge in [0.05, 0.1) is 60.0 Å². The van der Waals surface area contributed by atoms with Crippen molar-refractivity contribution in [2.24, 2.45) is 0 Å². The number of aromatic amines is 2. The monoisotopic (exact) mass is 1040 g/mol. The number of piperidine rings is 2. The number of nitriles is 2. The van der Waals surface area contributed by atoms with E-state index in [0.29, 0.717) is 69.9 Å². The topological polar surface area (TPSA) is 242 Å². The number of amides is 2. The predicted octanol–water partition coefficient (Wildman–Crippen LogP) is 5.71. The Balaban J connectivity index is 0.000000164. The highest BCUT2D eigenvalue weighted by atomic mass is 19.1. The van der Waals surface area contributed by atoms with Crippen molar-refractivity contribution in [2.45, 2.75) is 82.1 Å². The van der Waals surface area contributed by atoms with E-state index in [1.807, 2.05) is 90.5 Å². The Morgan fingerprint density at radius 2 is 1.22 bits per heavy atom. The van der Waals surface area contributed by atoms with Crippen molar-refractivity contribution in [2.75, 3.05) is 66.5 Å². The molecule has 21 nitrogen and oxygen atoms in total. The predicted molar refractivity (Wildman–Crippen MR) is 283 cm³/mol. The van der Waals surface area contributed by atoms with E-state index in [1.54, 1.807) is 24.3 Å². The number of nitrogens with one attached hydrogen (secondary N) is 2. The third-order valence-electron chi connectivity index (χ3n) is 15.8. The summed E-state index contributed by atoms with van der Waals surface area (Å²) in [6.07, 6.45) is 20.0. The number of hydrogen-bond donors (Lipinski definition) is 2. The molecule has 0 unspecified atom stereocenters. The van der Waals surface area contributed by atoms with E-state index in [4.69, 9.17) is 0 Å². The Hall–Kier alpha value is -8.31. The van der Waals surface area contributed by atoms with Crippen LogP contribution < -0.4 is 0 Å². The summed E-state index contributed by atoms with van der Waals surface area (Å²) in [6, 6.07) is 14.7. The molecule has 0 saturated carbocycles. The molecule has 12 rings (SSSR count). The molecule has 4 fully saturated rings. The van der Waals surface area contributed by atoms with Gasteiger partial charge < -0.3 is 24.7 Å². The minimum atomic E-state index is -0.545. The zero-order valence-corrected chi connectivity index (χ0v) is 43.6. The highest BCUT2D eigenvalue weighted by molar-refractivity contribution is 5.95. The maximum Gasteiger partial charge on any atom is 0.272 e. The molecule has 394 valence electrons. The summed E-state index contributed by atoms with van der Waals surface area (Å²) in [7, 11) is 4.04. The molecule has 77 heavy (non-hydrogen) atoms. The van der Waals surface area contributed by atoms with Gasteiger partial charge in [-0.15, -0.1) is 0 Å². The third-order valence-corrected chi connectivity index (χ3v) is 15.8. The zero-order valence-electron chi connectivity index (χ0n) is 43.6. The number of pyridine rings is 2. The minimum absolute atomic E-state index is 0.00918. The highest BCUT2D eigenvalue weighted by Crippen LogP contribution is 2.39. The van der Waals surface area contributed by atoms with Crippen molar-refractivity contribution >= 4 is 33.9 Å². The lowest BCUT2D eigenvalue weighted by Crippen LogP contribution is -2.66. The smallest absolute Gasteiger partial charge is 0.272 e. The van der Waals surface area contributed by atoms with E-state index in [9.17, 15) is 24.5 Å². The maximum absolute atomic E-state index is 14.4. The van der Waals surface area contributed by atoms with E-state index in [-0.39, 0.29) is 28.6 Å². The molecule has 22 heteroatoms. The van der Waals surface area contributed by atoms with Crippen LogP contribution in [0.2, 0.25) is 0 Å². The van der Waals surface area contributed by atoms with Crippen LogP contribution in [0.4, 0.5) is 4.39 Å². The number of H-pyrrole nitrogens is 2. The van der Waals surface area contributed by atoms with Crippen LogP contribution in [0.1, 0.15) is 76.3 Å². The number of fused-ring (bicyclic) bond motifs is 2. The van der Waals surface area contributed by atoms with Gasteiger partial charge in [-0.2, -0.15) is 20.7 Å². The summed E-state index contributed by atoms with van der Waals surface area (Å²) in [5.41, 5.74) is 7.03. The van der Waals surface area contributed by atoms with Crippen molar-refractivity contribution in [3.05, 3.63) is 120 Å². The van der Waals surface area contributed by atoms with E-state index >= 15 is 0 Å². The van der Waals surface area contributed by atoms with Gasteiger partial charge in [0.15, 0.2) is 5.82 Å². The standard InChI is InChI=1S/C29H34N10O.C26H26FN9O/c1-20-12-21(15-36(2)3)13-25(35-20)28(40)37-10-5-23(6-11-37)38-17-29(18-38,7-8-30)39-16-22(14-34-39)26-24-4-9-31-27(24)33-19-32-26;1-17-22(27)20(2-8-29-17)25(37)34-10-4-19(5-11-34)35-14-26(15-35,6-7-28)36-13-18(12-33-36)23-21-3-9-30-24(21)32-16-31-23/h4,9,12-14,16,19,23H,5-7,10-11,15,17-18H2,1-3H3,(H,31,32,33);2-3,8-9,12-13,16,19H,4-6,10-11,14-15H2,1H3,(H,30,31,32). The molecule has 0 atom stereocenters. The van der Waals surface area contributed by atoms with Crippen LogP contribution in [0.15, 0.2) is 86.4 Å². The SMILES string of the molecule is Cc1cc(CN(C)C)cc(C(=O)N2CCC(N3CC(CC#N)(n4cc(-c5ncnc6[nH]ccc56)cn4)C3)CC2)n1.Cc1nccc(C(=O)N2CCC(N3CC(CC#N)(n4cc(-c5ncnc6[nH]ccc56)cn4)C3)CC2)c1F. The number of carbonyl (C=O) groups excluding carboxylic acids is 2. The molecular formula is C55H60FN19O2. The fourth-order valence-corrected chi connectivity index (χ4v) is 11.7. The first-order valence-electron chi connectivity index (χ1n) is 26.1. The summed E-state index contributed by atoms with van der Waals surface area (Å²) in [4.78, 5) is 68.9. The highest BCUT2D eigenvalue weighted by Gasteiger charge is 2.50. The van der Waals surface area contributed by atoms with Gasteiger partial charge in [0.2, 0.25) is 0 Å². The minimum Gasteiger partial charge on any atom is -0.346 e. The normalized spacial score (nSPS) is 17.9. The number of rotatable bonds is 12. The summed E-state index contributed by atoms with van der Waals surface area (Å²) in [6.45, 7) is 9.77. The number of aromatic nitrogens is 12. The van der Waals surface area contributed by atoms with E-state index in [1.165, 1.54) is 18.6 Å². The summed E-state index contributed by atoms with van der Waals surface area (Å²) in [5, 5.41) is 30.5. The van der Waals surface area contributed by atoms with Gasteiger partial charge in [-0.3, -0.25) is 33.7 Å². The van der Waals surface area contributed by atoms with Crippen molar-refractivity contribution in [1.29, 1.82) is 10.5 Å². The van der Waals surface area contributed by atoms with Crippen LogP contribution in [-0.2, 0) is 17.6 Å². The van der Waals surface area contributed by atoms with Gasteiger partial charge in [-0.25, -0.2) is 29.3 Å². The van der Waals surface area contributed by atoms with Gasteiger partial charge in [0, 0.05) is 130 Å². The average molecular weight is 1040 g/mol. The summed E-state index contributed by atoms with van der Waals surface area (Å²) >= 11 is 0. The van der Waals surface area contributed by atoms with Gasteiger partial charge in [-0.05, 0) is 89.5 Å². The average Bonchev–Trinajstić information content (AvgIpc) is 4.30. The fraction of sp³-hybridized carbons (Fsp3) is 0.418. The van der Waals surface area contributed by atoms with E-state index in [0.717, 1.165) is 101 Å². The van der Waals surface area contributed by atoms with Crippen LogP contribution in [0.5, 0.6) is 0 Å². The number of aryl methyl sites for hydroxylation is 2. The molecule has 0 bridgehead atoms. The van der Waals surface area contributed by atoms with Crippen molar-refractivity contribution in [1.82, 2.24) is 83.9 Å².